The van der Waals surface area contributed by atoms with Crippen LogP contribution in [0.5, 0.6) is 0 Å². The summed E-state index contributed by atoms with van der Waals surface area (Å²) in [4.78, 5) is 18.7. The Labute approximate surface area is 108 Å². The largest absolute Gasteiger partial charge is 0.347 e. The molecule has 5 nitrogen and oxygen atoms in total. The number of aryl methyl sites for hydroxylation is 1. The summed E-state index contributed by atoms with van der Waals surface area (Å²) < 4.78 is 1.69. The molecule has 2 rings (SSSR count). The first-order valence-corrected chi connectivity index (χ1v) is 6.72. The molecule has 18 heavy (non-hydrogen) atoms. The minimum Gasteiger partial charge on any atom is -0.347 e. The standard InChI is InChI=1S/C13H22N4O/c1-3-16-9-7-15-12(13(16)18)17-8-5-4-6-11(17)10(2)14/h7,9-11H,3-6,8,14H2,1-2H3. The summed E-state index contributed by atoms with van der Waals surface area (Å²) in [6.07, 6.45) is 6.76. The van der Waals surface area contributed by atoms with Crippen molar-refractivity contribution < 1.29 is 0 Å². The zero-order valence-corrected chi connectivity index (χ0v) is 11.2. The van der Waals surface area contributed by atoms with Gasteiger partial charge in [-0.05, 0) is 33.1 Å². The van der Waals surface area contributed by atoms with Crippen LogP contribution in [0.25, 0.3) is 0 Å². The third-order valence-electron chi connectivity index (χ3n) is 3.66. The average molecular weight is 250 g/mol. The topological polar surface area (TPSA) is 64.2 Å². The second-order valence-electron chi connectivity index (χ2n) is 4.96. The highest BCUT2D eigenvalue weighted by molar-refractivity contribution is 5.38. The summed E-state index contributed by atoms with van der Waals surface area (Å²) in [5.41, 5.74) is 6.03. The van der Waals surface area contributed by atoms with Gasteiger partial charge >= 0.3 is 0 Å². The maximum atomic E-state index is 12.3. The summed E-state index contributed by atoms with van der Waals surface area (Å²) in [7, 11) is 0. The summed E-state index contributed by atoms with van der Waals surface area (Å²) in [6, 6.07) is 0.286. The van der Waals surface area contributed by atoms with Gasteiger partial charge < -0.3 is 15.2 Å². The van der Waals surface area contributed by atoms with Crippen LogP contribution in [-0.4, -0.2) is 28.2 Å². The molecule has 1 aliphatic heterocycles. The van der Waals surface area contributed by atoms with E-state index in [0.29, 0.717) is 12.4 Å². The molecule has 5 heteroatoms. The van der Waals surface area contributed by atoms with Crippen LogP contribution >= 0.6 is 0 Å². The van der Waals surface area contributed by atoms with Crippen molar-refractivity contribution in [1.82, 2.24) is 9.55 Å². The first-order chi connectivity index (χ1) is 8.65. The predicted octanol–water partition coefficient (Wildman–Crippen LogP) is 0.969. The number of anilines is 1. The third-order valence-corrected chi connectivity index (χ3v) is 3.66. The normalized spacial score (nSPS) is 21.9. The fourth-order valence-electron chi connectivity index (χ4n) is 2.65. The molecule has 2 unspecified atom stereocenters. The van der Waals surface area contributed by atoms with Gasteiger partial charge in [0.1, 0.15) is 0 Å². The molecule has 0 amide bonds. The van der Waals surface area contributed by atoms with Crippen LogP contribution in [0.3, 0.4) is 0 Å². The Morgan fingerprint density at radius 2 is 2.33 bits per heavy atom. The lowest BCUT2D eigenvalue weighted by Gasteiger charge is -2.38. The van der Waals surface area contributed by atoms with E-state index in [2.05, 4.69) is 9.88 Å². The van der Waals surface area contributed by atoms with E-state index in [9.17, 15) is 4.79 Å². The zero-order valence-electron chi connectivity index (χ0n) is 11.2. The van der Waals surface area contributed by atoms with Gasteiger partial charge in [-0.1, -0.05) is 0 Å². The van der Waals surface area contributed by atoms with E-state index in [0.717, 1.165) is 19.4 Å². The first kappa shape index (κ1) is 13.1. The Balaban J connectivity index is 2.37. The lowest BCUT2D eigenvalue weighted by atomic mass is 9.97. The molecule has 0 aliphatic carbocycles. The Hall–Kier alpha value is -1.36. The second-order valence-corrected chi connectivity index (χ2v) is 4.96. The maximum Gasteiger partial charge on any atom is 0.293 e. The molecule has 1 aromatic heterocycles. The van der Waals surface area contributed by atoms with Crippen LogP contribution in [0.4, 0.5) is 5.82 Å². The van der Waals surface area contributed by atoms with E-state index in [1.165, 1.54) is 6.42 Å². The third kappa shape index (κ3) is 2.41. The van der Waals surface area contributed by atoms with Gasteiger partial charge in [0.2, 0.25) is 0 Å². The second kappa shape index (κ2) is 5.52. The van der Waals surface area contributed by atoms with Crippen molar-refractivity contribution in [1.29, 1.82) is 0 Å². The highest BCUT2D eigenvalue weighted by Crippen LogP contribution is 2.22. The van der Waals surface area contributed by atoms with E-state index in [4.69, 9.17) is 5.73 Å². The Bertz CT molecular complexity index is 455. The number of hydrogen-bond acceptors (Lipinski definition) is 4. The van der Waals surface area contributed by atoms with Crippen LogP contribution < -0.4 is 16.2 Å². The Morgan fingerprint density at radius 3 is 3.00 bits per heavy atom. The molecule has 2 N–H and O–H groups in total. The van der Waals surface area contributed by atoms with Crippen LogP contribution in [0.1, 0.15) is 33.1 Å². The van der Waals surface area contributed by atoms with Gasteiger partial charge in [-0.2, -0.15) is 0 Å². The van der Waals surface area contributed by atoms with E-state index in [1.54, 1.807) is 17.0 Å². The molecule has 100 valence electrons. The summed E-state index contributed by atoms with van der Waals surface area (Å²) >= 11 is 0. The van der Waals surface area contributed by atoms with Crippen LogP contribution in [0.2, 0.25) is 0 Å². The minimum absolute atomic E-state index is 0.00690. The van der Waals surface area contributed by atoms with Crippen molar-refractivity contribution >= 4 is 5.82 Å². The average Bonchev–Trinajstić information content (AvgIpc) is 2.39. The van der Waals surface area contributed by atoms with Crippen molar-refractivity contribution in [3.05, 3.63) is 22.7 Å². The molecule has 0 saturated carbocycles. The number of rotatable bonds is 3. The maximum absolute atomic E-state index is 12.3. The number of aromatic nitrogens is 2. The van der Waals surface area contributed by atoms with Crippen molar-refractivity contribution in [3.8, 4) is 0 Å². The minimum atomic E-state index is -0.00690. The number of piperidine rings is 1. The van der Waals surface area contributed by atoms with Gasteiger partial charge in [0.25, 0.3) is 5.56 Å². The van der Waals surface area contributed by atoms with E-state index < -0.39 is 0 Å². The quantitative estimate of drug-likeness (QED) is 0.868. The van der Waals surface area contributed by atoms with Gasteiger partial charge in [0.05, 0.1) is 0 Å². The van der Waals surface area contributed by atoms with Gasteiger partial charge in [-0.3, -0.25) is 4.79 Å². The SMILES string of the molecule is CCn1ccnc(N2CCCCC2C(C)N)c1=O. The fraction of sp³-hybridized carbons (Fsp3) is 0.692. The molecular weight excluding hydrogens is 228 g/mol. The number of hydrogen-bond donors (Lipinski definition) is 1. The first-order valence-electron chi connectivity index (χ1n) is 6.72. The molecule has 1 saturated heterocycles. The predicted molar refractivity (Wildman–Crippen MR) is 72.8 cm³/mol. The fourth-order valence-corrected chi connectivity index (χ4v) is 2.65. The van der Waals surface area contributed by atoms with Gasteiger partial charge in [-0.15, -0.1) is 0 Å². The molecule has 2 heterocycles. The molecule has 1 fully saturated rings. The molecule has 0 radical (unpaired) electrons. The number of nitrogens with two attached hydrogens (primary N) is 1. The number of nitrogens with zero attached hydrogens (tertiary/aromatic N) is 3. The van der Waals surface area contributed by atoms with E-state index in [1.807, 2.05) is 13.8 Å². The van der Waals surface area contributed by atoms with E-state index >= 15 is 0 Å². The molecule has 0 bridgehead atoms. The molecular formula is C13H22N4O. The van der Waals surface area contributed by atoms with Crippen molar-refractivity contribution in [2.75, 3.05) is 11.4 Å². The van der Waals surface area contributed by atoms with Crippen LogP contribution in [0, 0.1) is 0 Å². The van der Waals surface area contributed by atoms with E-state index in [-0.39, 0.29) is 17.6 Å². The van der Waals surface area contributed by atoms with Crippen LogP contribution in [0.15, 0.2) is 17.2 Å². The summed E-state index contributed by atoms with van der Waals surface area (Å²) in [6.45, 7) is 5.52. The van der Waals surface area contributed by atoms with Gasteiger partial charge in [0.15, 0.2) is 5.82 Å². The lowest BCUT2D eigenvalue weighted by Crippen LogP contribution is -2.51. The Kier molecular flexibility index (Phi) is 4.01. The lowest BCUT2D eigenvalue weighted by molar-refractivity contribution is 0.408. The van der Waals surface area contributed by atoms with Gasteiger partial charge in [0, 0.05) is 37.6 Å². The van der Waals surface area contributed by atoms with Crippen molar-refractivity contribution in [3.63, 3.8) is 0 Å². The Morgan fingerprint density at radius 1 is 1.56 bits per heavy atom. The molecule has 0 spiro atoms. The zero-order chi connectivity index (χ0) is 13.1. The highest BCUT2D eigenvalue weighted by atomic mass is 16.1. The molecule has 0 aromatic carbocycles. The summed E-state index contributed by atoms with van der Waals surface area (Å²) in [5, 5.41) is 0. The van der Waals surface area contributed by atoms with Crippen molar-refractivity contribution in [2.45, 2.75) is 51.7 Å². The van der Waals surface area contributed by atoms with Crippen LogP contribution in [-0.2, 0) is 6.54 Å². The van der Waals surface area contributed by atoms with Crippen molar-refractivity contribution in [2.24, 2.45) is 5.73 Å². The molecule has 2 atom stereocenters. The summed E-state index contributed by atoms with van der Waals surface area (Å²) in [5.74, 6) is 0.557. The molecule has 1 aromatic rings. The smallest absolute Gasteiger partial charge is 0.293 e. The monoisotopic (exact) mass is 250 g/mol. The molecule has 1 aliphatic rings. The highest BCUT2D eigenvalue weighted by Gasteiger charge is 2.28. The van der Waals surface area contributed by atoms with Gasteiger partial charge in [-0.25, -0.2) is 4.98 Å².